The number of esters is 1. The third kappa shape index (κ3) is 74.9. The van der Waals surface area contributed by atoms with Crippen LogP contribution >= 0.6 is 0 Å². The first kappa shape index (κ1) is 87.8. The predicted octanol–water partition coefficient (Wildman–Crippen LogP) is 27.2. The monoisotopic (exact) mass is 1260 g/mol. The number of aliphatic hydroxyl groups excluding tert-OH is 2. The van der Waals surface area contributed by atoms with Crippen LogP contribution in [0.5, 0.6) is 0 Å². The smallest absolute Gasteiger partial charge is 0.305 e. The lowest BCUT2D eigenvalue weighted by Crippen LogP contribution is -2.45. The molecule has 530 valence electrons. The number of carbonyl (C=O) groups excluding carboxylic acids is 2. The summed E-state index contributed by atoms with van der Waals surface area (Å²) in [7, 11) is 0. The van der Waals surface area contributed by atoms with Gasteiger partial charge in [0.05, 0.1) is 25.4 Å². The molecule has 0 aromatic rings. The lowest BCUT2D eigenvalue weighted by atomic mass is 10.0. The molecule has 0 saturated carbocycles. The van der Waals surface area contributed by atoms with E-state index in [2.05, 4.69) is 55.6 Å². The van der Waals surface area contributed by atoms with Crippen molar-refractivity contribution >= 4 is 11.9 Å². The van der Waals surface area contributed by atoms with Crippen molar-refractivity contribution in [2.24, 2.45) is 0 Å². The molecule has 0 bridgehead atoms. The minimum absolute atomic E-state index is 0.00714. The second kappa shape index (κ2) is 79.3. The molecule has 0 aromatic carbocycles. The van der Waals surface area contributed by atoms with E-state index in [9.17, 15) is 19.8 Å². The maximum Gasteiger partial charge on any atom is 0.305 e. The van der Waals surface area contributed by atoms with E-state index in [1.54, 1.807) is 6.08 Å². The summed E-state index contributed by atoms with van der Waals surface area (Å²) in [5, 5.41) is 23.3. The Bertz CT molecular complexity index is 1500. The van der Waals surface area contributed by atoms with Crippen LogP contribution in [0.25, 0.3) is 0 Å². The number of hydrogen-bond donors (Lipinski definition) is 3. The van der Waals surface area contributed by atoms with Crippen molar-refractivity contribution in [3.8, 4) is 0 Å². The maximum absolute atomic E-state index is 12.6. The Balaban J connectivity index is 3.40. The summed E-state index contributed by atoms with van der Waals surface area (Å²) in [6.07, 6.45) is 105. The zero-order valence-corrected chi connectivity index (χ0v) is 60.9. The number of aliphatic hydroxyl groups is 2. The van der Waals surface area contributed by atoms with Crippen molar-refractivity contribution in [2.75, 3.05) is 13.2 Å². The van der Waals surface area contributed by atoms with Gasteiger partial charge in [0, 0.05) is 12.8 Å². The Hall–Kier alpha value is -2.18. The van der Waals surface area contributed by atoms with Crippen LogP contribution in [0.1, 0.15) is 450 Å². The third-order valence-electron chi connectivity index (χ3n) is 19.1. The zero-order chi connectivity index (χ0) is 64.9. The molecule has 0 rings (SSSR count). The standard InChI is InChI=1S/C84H159NO5/c1-3-5-7-9-11-13-15-17-19-21-22-23-24-36-39-42-45-48-52-56-60-64-68-72-76-82(87)81(80-86)85-83(88)77-73-69-65-61-57-53-49-46-43-40-37-34-32-30-28-26-25-27-29-31-33-35-38-41-44-47-51-55-59-63-67-71-75-79-90-84(89)78-74-70-66-62-58-54-50-20-18-16-14-12-10-8-6-4-2/h20,29,31,35,38,50,72,76,81-82,86-87H,3-19,21-28,30,32-34,36-37,39-49,51-71,73-75,77-80H2,1-2H3,(H,85,88)/b31-29-,38-35-,50-20-,76-72+. The van der Waals surface area contributed by atoms with Gasteiger partial charge in [-0.2, -0.15) is 0 Å². The number of rotatable bonds is 77. The fourth-order valence-electron chi connectivity index (χ4n) is 12.8. The first-order valence-corrected chi connectivity index (χ1v) is 40.9. The first-order valence-electron chi connectivity index (χ1n) is 40.9. The summed E-state index contributed by atoms with van der Waals surface area (Å²) in [5.41, 5.74) is 0. The highest BCUT2D eigenvalue weighted by atomic mass is 16.5. The molecular formula is C84H159NO5. The molecule has 0 aromatic heterocycles. The highest BCUT2D eigenvalue weighted by Crippen LogP contribution is 2.19. The molecule has 3 N–H and O–H groups in total. The fourth-order valence-corrected chi connectivity index (χ4v) is 12.8. The summed E-state index contributed by atoms with van der Waals surface area (Å²) in [4.78, 5) is 24.7. The van der Waals surface area contributed by atoms with E-state index in [4.69, 9.17) is 4.74 Å². The van der Waals surface area contributed by atoms with Gasteiger partial charge in [0.2, 0.25) is 5.91 Å². The molecule has 0 saturated heterocycles. The summed E-state index contributed by atoms with van der Waals surface area (Å²) < 4.78 is 5.50. The Kier molecular flexibility index (Phi) is 77.3. The van der Waals surface area contributed by atoms with Crippen molar-refractivity contribution in [3.63, 3.8) is 0 Å². The average molecular weight is 1260 g/mol. The summed E-state index contributed by atoms with van der Waals surface area (Å²) in [6.45, 7) is 4.94. The van der Waals surface area contributed by atoms with Crippen molar-refractivity contribution in [2.45, 2.75) is 463 Å². The van der Waals surface area contributed by atoms with Gasteiger partial charge in [-0.25, -0.2) is 0 Å². The van der Waals surface area contributed by atoms with E-state index in [-0.39, 0.29) is 18.5 Å². The summed E-state index contributed by atoms with van der Waals surface area (Å²) in [6, 6.07) is -0.629. The predicted molar refractivity (Wildman–Crippen MR) is 398 cm³/mol. The van der Waals surface area contributed by atoms with Gasteiger partial charge in [0.15, 0.2) is 0 Å². The van der Waals surface area contributed by atoms with E-state index in [0.717, 1.165) is 51.4 Å². The average Bonchev–Trinajstić information content (AvgIpc) is 3.68. The minimum Gasteiger partial charge on any atom is -0.466 e. The van der Waals surface area contributed by atoms with Crippen LogP contribution in [0.15, 0.2) is 48.6 Å². The fraction of sp³-hybridized carbons (Fsp3) is 0.881. The van der Waals surface area contributed by atoms with Crippen LogP contribution in [0, 0.1) is 0 Å². The van der Waals surface area contributed by atoms with E-state index in [1.165, 1.54) is 372 Å². The van der Waals surface area contributed by atoms with E-state index >= 15 is 0 Å². The molecular weight excluding hydrogens is 1100 g/mol. The van der Waals surface area contributed by atoms with Crippen LogP contribution < -0.4 is 5.32 Å². The Morgan fingerprint density at radius 1 is 0.311 bits per heavy atom. The number of hydrogen-bond acceptors (Lipinski definition) is 5. The number of nitrogens with one attached hydrogen (secondary N) is 1. The second-order valence-corrected chi connectivity index (χ2v) is 28.1. The Morgan fingerprint density at radius 2 is 0.556 bits per heavy atom. The van der Waals surface area contributed by atoms with E-state index < -0.39 is 12.1 Å². The zero-order valence-electron chi connectivity index (χ0n) is 60.9. The summed E-state index contributed by atoms with van der Waals surface area (Å²) >= 11 is 0. The Labute approximate surface area is 563 Å². The van der Waals surface area contributed by atoms with Gasteiger partial charge >= 0.3 is 5.97 Å². The molecule has 0 aliphatic carbocycles. The van der Waals surface area contributed by atoms with Gasteiger partial charge in [-0.1, -0.05) is 396 Å². The lowest BCUT2D eigenvalue weighted by molar-refractivity contribution is -0.143. The Morgan fingerprint density at radius 3 is 0.856 bits per heavy atom. The lowest BCUT2D eigenvalue weighted by Gasteiger charge is -2.20. The van der Waals surface area contributed by atoms with E-state index in [1.807, 2.05) is 6.08 Å². The number of allylic oxidation sites excluding steroid dienone is 7. The number of unbranched alkanes of at least 4 members (excludes halogenated alkanes) is 60. The summed E-state index contributed by atoms with van der Waals surface area (Å²) in [5.74, 6) is -0.0543. The van der Waals surface area contributed by atoms with Crippen LogP contribution in [-0.4, -0.2) is 47.4 Å². The first-order chi connectivity index (χ1) is 44.5. The molecule has 6 heteroatoms. The molecule has 0 fully saturated rings. The number of carbonyl (C=O) groups is 2. The molecule has 2 unspecified atom stereocenters. The van der Waals surface area contributed by atoms with Gasteiger partial charge in [0.1, 0.15) is 0 Å². The van der Waals surface area contributed by atoms with Gasteiger partial charge < -0.3 is 20.3 Å². The van der Waals surface area contributed by atoms with Crippen LogP contribution in [-0.2, 0) is 14.3 Å². The molecule has 0 spiro atoms. The van der Waals surface area contributed by atoms with Gasteiger partial charge in [-0.15, -0.1) is 0 Å². The van der Waals surface area contributed by atoms with Crippen molar-refractivity contribution in [3.05, 3.63) is 48.6 Å². The highest BCUT2D eigenvalue weighted by Gasteiger charge is 2.18. The SMILES string of the molecule is CCCCCCCCC/C=C\CCCCCCCC(=O)OCCCCCCCCCCC/C=C\C/C=C\CCCCCCCCCCCCCCCCCCCC(=O)NC(CO)C(O)/C=C/CCCCCCCCCCCCCCCCCCCCCCCC. The molecule has 0 radical (unpaired) electrons. The largest absolute Gasteiger partial charge is 0.466 e. The topological polar surface area (TPSA) is 95.9 Å². The van der Waals surface area contributed by atoms with Gasteiger partial charge in [0.25, 0.3) is 0 Å². The van der Waals surface area contributed by atoms with Crippen LogP contribution in [0.2, 0.25) is 0 Å². The molecule has 0 heterocycles. The van der Waals surface area contributed by atoms with E-state index in [0.29, 0.717) is 19.4 Å². The normalized spacial score (nSPS) is 12.7. The number of amides is 1. The minimum atomic E-state index is -0.846. The molecule has 2 atom stereocenters. The quantitative estimate of drug-likeness (QED) is 0.0320. The van der Waals surface area contributed by atoms with Gasteiger partial charge in [-0.3, -0.25) is 9.59 Å². The third-order valence-corrected chi connectivity index (χ3v) is 19.1. The maximum atomic E-state index is 12.6. The van der Waals surface area contributed by atoms with Crippen LogP contribution in [0.4, 0.5) is 0 Å². The second-order valence-electron chi connectivity index (χ2n) is 28.1. The molecule has 6 nitrogen and oxygen atoms in total. The molecule has 0 aliphatic rings. The van der Waals surface area contributed by atoms with Crippen molar-refractivity contribution in [1.82, 2.24) is 5.32 Å². The molecule has 1 amide bonds. The van der Waals surface area contributed by atoms with Crippen molar-refractivity contribution in [1.29, 1.82) is 0 Å². The van der Waals surface area contributed by atoms with Crippen molar-refractivity contribution < 1.29 is 24.5 Å². The molecule has 90 heavy (non-hydrogen) atoms. The van der Waals surface area contributed by atoms with Gasteiger partial charge in [-0.05, 0) is 89.9 Å². The number of ether oxygens (including phenoxy) is 1. The van der Waals surface area contributed by atoms with Crippen LogP contribution in [0.3, 0.4) is 0 Å². The molecule has 0 aliphatic heterocycles. The highest BCUT2D eigenvalue weighted by molar-refractivity contribution is 5.76.